The van der Waals surface area contributed by atoms with Gasteiger partial charge in [-0.3, -0.25) is 9.62 Å². The third-order valence-corrected chi connectivity index (χ3v) is 7.29. The summed E-state index contributed by atoms with van der Waals surface area (Å²) in [6, 6.07) is 3.14. The fraction of sp³-hybridized carbons (Fsp3) is 0.611. The molecular weight excluding hydrogens is 389 g/mol. The predicted molar refractivity (Wildman–Crippen MR) is 108 cm³/mol. The largest absolute Gasteiger partial charge is 0.506 e. The van der Waals surface area contributed by atoms with Crippen molar-refractivity contribution in [3.05, 3.63) is 23.5 Å². The molecule has 2 fully saturated rings. The van der Waals surface area contributed by atoms with Gasteiger partial charge in [0.05, 0.1) is 6.54 Å². The Kier molecular flexibility index (Phi) is 5.39. The molecule has 6 nitrogen and oxygen atoms in total. The highest BCUT2D eigenvalue weighted by Gasteiger charge is 2.35. The third kappa shape index (κ3) is 4.35. The first-order chi connectivity index (χ1) is 12.5. The van der Waals surface area contributed by atoms with Crippen molar-refractivity contribution in [1.29, 1.82) is 0 Å². The van der Waals surface area contributed by atoms with Crippen molar-refractivity contribution in [2.24, 2.45) is 5.41 Å². The lowest BCUT2D eigenvalue weighted by Crippen LogP contribution is -2.36. The Bertz CT molecular complexity index is 824. The average molecular weight is 416 g/mol. The zero-order valence-electron chi connectivity index (χ0n) is 15.8. The van der Waals surface area contributed by atoms with Gasteiger partial charge in [-0.1, -0.05) is 26.1 Å². The van der Waals surface area contributed by atoms with Gasteiger partial charge in [0.2, 0.25) is 0 Å². The molecule has 1 aliphatic carbocycles. The first-order valence-electron chi connectivity index (χ1n) is 9.03. The molecule has 3 rings (SSSR count). The van der Waals surface area contributed by atoms with E-state index in [-0.39, 0.29) is 17.2 Å². The first kappa shape index (κ1) is 20.3. The highest BCUT2D eigenvalue weighted by Crippen LogP contribution is 2.38. The van der Waals surface area contributed by atoms with Gasteiger partial charge in [0.1, 0.15) is 16.4 Å². The van der Waals surface area contributed by atoms with E-state index in [2.05, 4.69) is 23.5 Å². The molecule has 2 aliphatic rings. The van der Waals surface area contributed by atoms with E-state index in [9.17, 15) is 17.9 Å². The van der Waals surface area contributed by atoms with Crippen molar-refractivity contribution in [2.45, 2.75) is 52.1 Å². The molecule has 0 bridgehead atoms. The van der Waals surface area contributed by atoms with Gasteiger partial charge in [0, 0.05) is 12.6 Å². The molecule has 2 N–H and O–H groups in total. The van der Waals surface area contributed by atoms with Crippen LogP contribution >= 0.6 is 12.2 Å². The second-order valence-corrected chi connectivity index (χ2v) is 10.4. The number of hydrogen-bond donors (Lipinski definition) is 2. The summed E-state index contributed by atoms with van der Waals surface area (Å²) in [5.41, 5.74) is 0.612. The van der Waals surface area contributed by atoms with Crippen molar-refractivity contribution in [1.82, 2.24) is 9.62 Å². The predicted octanol–water partition coefficient (Wildman–Crippen LogP) is 2.91. The molecule has 0 spiro atoms. The van der Waals surface area contributed by atoms with E-state index in [0.29, 0.717) is 23.6 Å². The van der Waals surface area contributed by atoms with Crippen LogP contribution in [0, 0.1) is 11.2 Å². The molecule has 150 valence electrons. The van der Waals surface area contributed by atoms with E-state index in [1.54, 1.807) is 0 Å². The van der Waals surface area contributed by atoms with Gasteiger partial charge in [0.15, 0.2) is 5.82 Å². The highest BCUT2D eigenvalue weighted by molar-refractivity contribution is 7.94. The third-order valence-electron chi connectivity index (χ3n) is 5.54. The minimum atomic E-state index is -3.97. The zero-order chi connectivity index (χ0) is 20.0. The number of nitrogens with zero attached hydrogens (tertiary/aromatic N) is 2. The summed E-state index contributed by atoms with van der Waals surface area (Å²) in [6.07, 6.45) is 4.48. The van der Waals surface area contributed by atoms with Gasteiger partial charge in [-0.15, -0.1) is 0 Å². The van der Waals surface area contributed by atoms with Crippen LogP contribution in [0.2, 0.25) is 0 Å². The average Bonchev–Trinajstić information content (AvgIpc) is 2.79. The Hall–Kier alpha value is -1.45. The molecule has 0 aromatic heterocycles. The van der Waals surface area contributed by atoms with Gasteiger partial charge >= 0.3 is 10.2 Å². The van der Waals surface area contributed by atoms with Crippen LogP contribution in [-0.2, 0) is 16.8 Å². The molecule has 9 heteroatoms. The van der Waals surface area contributed by atoms with Crippen molar-refractivity contribution in [2.75, 3.05) is 17.9 Å². The molecule has 1 aliphatic heterocycles. The number of nitrogens with one attached hydrogen (secondary N) is 1. The Morgan fingerprint density at radius 1 is 1.37 bits per heavy atom. The molecule has 1 aromatic carbocycles. The topological polar surface area (TPSA) is 72.9 Å². The van der Waals surface area contributed by atoms with Crippen molar-refractivity contribution < 1.29 is 17.9 Å². The van der Waals surface area contributed by atoms with E-state index >= 15 is 0 Å². The number of phenols is 1. The second kappa shape index (κ2) is 7.18. The summed E-state index contributed by atoms with van der Waals surface area (Å²) in [6.45, 7) is 4.86. The molecular formula is C18H26FN3O3S2. The Labute approximate surface area is 165 Å². The molecule has 0 radical (unpaired) electrons. The summed E-state index contributed by atoms with van der Waals surface area (Å²) in [7, 11) is -1.97. The standard InChI is InChI=1S/C18H26FN3O3S2/c1-18(2)6-4-13(5-7-18)21(3)10-12-8-14(19)17(15(23)9-12)22-11-16(26)20-27(22,24)25/h8-9,13,23H,4-7,10-11H2,1-3H3,(H,20,26). The van der Waals surface area contributed by atoms with Crippen LogP contribution in [0.5, 0.6) is 5.75 Å². The lowest BCUT2D eigenvalue weighted by molar-refractivity contribution is 0.123. The highest BCUT2D eigenvalue weighted by atomic mass is 32.2. The number of phenolic OH excluding ortho intramolecular Hbond substituents is 1. The first-order valence-corrected chi connectivity index (χ1v) is 10.9. The van der Waals surface area contributed by atoms with Crippen molar-refractivity contribution in [3.8, 4) is 5.75 Å². The zero-order valence-corrected chi connectivity index (χ0v) is 17.5. The number of anilines is 1. The minimum Gasteiger partial charge on any atom is -0.506 e. The number of halogens is 1. The van der Waals surface area contributed by atoms with Gasteiger partial charge in [-0.05, 0) is 55.8 Å². The van der Waals surface area contributed by atoms with Crippen LogP contribution in [0.3, 0.4) is 0 Å². The van der Waals surface area contributed by atoms with E-state index < -0.39 is 21.8 Å². The SMILES string of the molecule is CN(Cc1cc(O)c(N2CC(=S)NS2(=O)=O)c(F)c1)C1CCC(C)(C)CC1. The van der Waals surface area contributed by atoms with Crippen LogP contribution in [-0.4, -0.2) is 43.0 Å². The number of rotatable bonds is 4. The van der Waals surface area contributed by atoms with E-state index in [1.807, 2.05) is 7.05 Å². The van der Waals surface area contributed by atoms with E-state index in [0.717, 1.165) is 30.0 Å². The van der Waals surface area contributed by atoms with Crippen LogP contribution in [0.4, 0.5) is 10.1 Å². The van der Waals surface area contributed by atoms with Crippen molar-refractivity contribution >= 4 is 33.1 Å². The number of hydrogen-bond acceptors (Lipinski definition) is 5. The Morgan fingerprint density at radius 2 is 2.00 bits per heavy atom. The van der Waals surface area contributed by atoms with Gasteiger partial charge < -0.3 is 5.11 Å². The van der Waals surface area contributed by atoms with Gasteiger partial charge in [-0.2, -0.15) is 8.42 Å². The molecule has 1 heterocycles. The quantitative estimate of drug-likeness (QED) is 0.740. The molecule has 0 unspecified atom stereocenters. The number of aromatic hydroxyl groups is 1. The molecule has 1 aromatic rings. The monoisotopic (exact) mass is 415 g/mol. The normalized spacial score (nSPS) is 22.3. The minimum absolute atomic E-state index is 0.0674. The summed E-state index contributed by atoms with van der Waals surface area (Å²) in [5, 5.41) is 10.3. The van der Waals surface area contributed by atoms with Crippen LogP contribution < -0.4 is 9.03 Å². The number of thiocarbonyl (C=S) groups is 1. The van der Waals surface area contributed by atoms with Gasteiger partial charge in [0.25, 0.3) is 0 Å². The lowest BCUT2D eigenvalue weighted by atomic mass is 9.75. The van der Waals surface area contributed by atoms with Crippen LogP contribution in [0.25, 0.3) is 0 Å². The van der Waals surface area contributed by atoms with Crippen LogP contribution in [0.1, 0.15) is 45.1 Å². The summed E-state index contributed by atoms with van der Waals surface area (Å²) < 4.78 is 41.6. The second-order valence-electron chi connectivity index (χ2n) is 8.29. The summed E-state index contributed by atoms with van der Waals surface area (Å²) >= 11 is 4.86. The summed E-state index contributed by atoms with van der Waals surface area (Å²) in [4.78, 5) is 2.24. The van der Waals surface area contributed by atoms with Crippen molar-refractivity contribution in [3.63, 3.8) is 0 Å². The van der Waals surface area contributed by atoms with Gasteiger partial charge in [-0.25, -0.2) is 8.70 Å². The maximum absolute atomic E-state index is 14.7. The number of benzene rings is 1. The molecule has 0 amide bonds. The molecule has 1 saturated heterocycles. The van der Waals surface area contributed by atoms with E-state index in [4.69, 9.17) is 12.2 Å². The molecule has 27 heavy (non-hydrogen) atoms. The fourth-order valence-corrected chi connectivity index (χ4v) is 5.57. The molecule has 0 atom stereocenters. The smallest absolute Gasteiger partial charge is 0.325 e. The lowest BCUT2D eigenvalue weighted by Gasteiger charge is -2.38. The fourth-order valence-electron chi connectivity index (χ4n) is 3.87. The Morgan fingerprint density at radius 3 is 2.52 bits per heavy atom. The maximum Gasteiger partial charge on any atom is 0.325 e. The molecule has 1 saturated carbocycles. The van der Waals surface area contributed by atoms with E-state index in [1.165, 1.54) is 12.1 Å². The maximum atomic E-state index is 14.7. The summed E-state index contributed by atoms with van der Waals surface area (Å²) in [5.74, 6) is -1.18. The van der Waals surface area contributed by atoms with Crippen LogP contribution in [0.15, 0.2) is 12.1 Å². The Balaban J connectivity index is 1.76.